The van der Waals surface area contributed by atoms with Crippen molar-refractivity contribution in [3.8, 4) is 5.75 Å². The standard InChI is InChI=1S/C21H26N4O5/c1-13-7-8-22-9-10-24(13)19(27)12-30-17-4-2-3-14-15(17)11-25(21(14)29)16-5-6-18(26)23-20(16)28/h2-4,13,16,22H,5-12H2,1H3,(H,23,26,28). The Labute approximate surface area is 174 Å². The van der Waals surface area contributed by atoms with Gasteiger partial charge in [-0.2, -0.15) is 0 Å². The Bertz CT molecular complexity index is 886. The molecule has 0 spiro atoms. The van der Waals surface area contributed by atoms with E-state index in [4.69, 9.17) is 4.74 Å². The maximum Gasteiger partial charge on any atom is 0.260 e. The molecule has 1 aromatic carbocycles. The van der Waals surface area contributed by atoms with Gasteiger partial charge in [-0.25, -0.2) is 0 Å². The fourth-order valence-corrected chi connectivity index (χ4v) is 4.30. The molecule has 2 fully saturated rings. The van der Waals surface area contributed by atoms with Crippen molar-refractivity contribution in [2.75, 3.05) is 26.2 Å². The number of ether oxygens (including phenoxy) is 1. The molecule has 9 nitrogen and oxygen atoms in total. The van der Waals surface area contributed by atoms with Crippen LogP contribution in [-0.4, -0.2) is 71.8 Å². The maximum atomic E-state index is 12.9. The second kappa shape index (κ2) is 8.43. The molecule has 9 heteroatoms. The van der Waals surface area contributed by atoms with Crippen molar-refractivity contribution in [3.63, 3.8) is 0 Å². The Morgan fingerprint density at radius 3 is 2.83 bits per heavy atom. The van der Waals surface area contributed by atoms with E-state index in [0.717, 1.165) is 19.5 Å². The van der Waals surface area contributed by atoms with Crippen LogP contribution >= 0.6 is 0 Å². The number of carbonyl (C=O) groups excluding carboxylic acids is 4. The van der Waals surface area contributed by atoms with Crippen molar-refractivity contribution in [1.82, 2.24) is 20.4 Å². The highest BCUT2D eigenvalue weighted by atomic mass is 16.5. The Morgan fingerprint density at radius 2 is 2.03 bits per heavy atom. The number of fused-ring (bicyclic) bond motifs is 1. The van der Waals surface area contributed by atoms with E-state index >= 15 is 0 Å². The van der Waals surface area contributed by atoms with Crippen molar-refractivity contribution >= 4 is 23.6 Å². The normalized spacial score (nSPS) is 24.4. The summed E-state index contributed by atoms with van der Waals surface area (Å²) in [5.74, 6) is -0.641. The van der Waals surface area contributed by atoms with E-state index in [2.05, 4.69) is 10.6 Å². The van der Waals surface area contributed by atoms with Crippen molar-refractivity contribution < 1.29 is 23.9 Å². The van der Waals surface area contributed by atoms with E-state index in [1.807, 2.05) is 11.8 Å². The number of hydrogen-bond acceptors (Lipinski definition) is 6. The van der Waals surface area contributed by atoms with Crippen LogP contribution in [0, 0.1) is 0 Å². The highest BCUT2D eigenvalue weighted by Gasteiger charge is 2.40. The lowest BCUT2D eigenvalue weighted by Gasteiger charge is -2.29. The van der Waals surface area contributed by atoms with Crippen molar-refractivity contribution in [1.29, 1.82) is 0 Å². The van der Waals surface area contributed by atoms with Crippen LogP contribution in [0.3, 0.4) is 0 Å². The zero-order chi connectivity index (χ0) is 21.3. The van der Waals surface area contributed by atoms with Crippen molar-refractivity contribution in [2.24, 2.45) is 0 Å². The van der Waals surface area contributed by atoms with Gasteiger partial charge in [0, 0.05) is 36.7 Å². The minimum Gasteiger partial charge on any atom is -0.483 e. The Kier molecular flexibility index (Phi) is 5.72. The van der Waals surface area contributed by atoms with E-state index in [-0.39, 0.29) is 43.3 Å². The first-order valence-corrected chi connectivity index (χ1v) is 10.3. The minimum absolute atomic E-state index is 0.0878. The number of nitrogens with zero attached hydrogens (tertiary/aromatic N) is 2. The zero-order valence-electron chi connectivity index (χ0n) is 17.0. The number of carbonyl (C=O) groups is 4. The molecular formula is C21H26N4O5. The van der Waals surface area contributed by atoms with E-state index in [1.165, 1.54) is 4.90 Å². The lowest BCUT2D eigenvalue weighted by Crippen LogP contribution is -2.52. The monoisotopic (exact) mass is 414 g/mol. The topological polar surface area (TPSA) is 108 Å². The number of piperidine rings is 1. The number of nitrogens with one attached hydrogen (secondary N) is 2. The smallest absolute Gasteiger partial charge is 0.260 e. The summed E-state index contributed by atoms with van der Waals surface area (Å²) in [6.45, 7) is 4.42. The quantitative estimate of drug-likeness (QED) is 0.674. The van der Waals surface area contributed by atoms with Crippen LogP contribution in [0.2, 0.25) is 0 Å². The van der Waals surface area contributed by atoms with Crippen LogP contribution in [0.4, 0.5) is 0 Å². The molecule has 3 aliphatic heterocycles. The molecule has 2 atom stereocenters. The van der Waals surface area contributed by atoms with Crippen LogP contribution in [0.5, 0.6) is 5.75 Å². The molecule has 0 aromatic heterocycles. The van der Waals surface area contributed by atoms with Crippen LogP contribution in [0.25, 0.3) is 0 Å². The van der Waals surface area contributed by atoms with Gasteiger partial charge in [0.1, 0.15) is 11.8 Å². The molecule has 0 radical (unpaired) electrons. The van der Waals surface area contributed by atoms with Crippen LogP contribution in [-0.2, 0) is 20.9 Å². The lowest BCUT2D eigenvalue weighted by atomic mass is 10.0. The molecule has 1 aromatic rings. The molecule has 2 N–H and O–H groups in total. The van der Waals surface area contributed by atoms with E-state index in [1.54, 1.807) is 18.2 Å². The highest BCUT2D eigenvalue weighted by molar-refractivity contribution is 6.05. The van der Waals surface area contributed by atoms with Gasteiger partial charge in [0.15, 0.2) is 6.61 Å². The number of benzene rings is 1. The second-order valence-corrected chi connectivity index (χ2v) is 7.95. The fraction of sp³-hybridized carbons (Fsp3) is 0.524. The molecule has 0 bridgehead atoms. The third-order valence-corrected chi connectivity index (χ3v) is 6.01. The molecular weight excluding hydrogens is 388 g/mol. The second-order valence-electron chi connectivity index (χ2n) is 7.95. The molecule has 0 aliphatic carbocycles. The predicted octanol–water partition coefficient (Wildman–Crippen LogP) is 0.0368. The Hall–Kier alpha value is -2.94. The van der Waals surface area contributed by atoms with E-state index in [0.29, 0.717) is 29.8 Å². The molecule has 0 saturated carbocycles. The van der Waals surface area contributed by atoms with Gasteiger partial charge in [-0.15, -0.1) is 0 Å². The first kappa shape index (κ1) is 20.3. The molecule has 160 valence electrons. The number of rotatable bonds is 4. The largest absolute Gasteiger partial charge is 0.483 e. The molecule has 2 unspecified atom stereocenters. The van der Waals surface area contributed by atoms with Crippen molar-refractivity contribution in [2.45, 2.75) is 44.8 Å². The van der Waals surface area contributed by atoms with Crippen LogP contribution in [0.1, 0.15) is 42.1 Å². The van der Waals surface area contributed by atoms with Gasteiger partial charge < -0.3 is 19.9 Å². The van der Waals surface area contributed by atoms with Gasteiger partial charge in [0.25, 0.3) is 11.8 Å². The molecule has 30 heavy (non-hydrogen) atoms. The summed E-state index contributed by atoms with van der Waals surface area (Å²) in [6.07, 6.45) is 1.40. The first-order chi connectivity index (χ1) is 14.5. The van der Waals surface area contributed by atoms with Gasteiger partial charge in [0.05, 0.1) is 6.54 Å². The average molecular weight is 414 g/mol. The maximum absolute atomic E-state index is 12.9. The Morgan fingerprint density at radius 1 is 1.20 bits per heavy atom. The summed E-state index contributed by atoms with van der Waals surface area (Å²) in [5.41, 5.74) is 1.14. The summed E-state index contributed by atoms with van der Waals surface area (Å²) in [4.78, 5) is 52.5. The van der Waals surface area contributed by atoms with Crippen molar-refractivity contribution in [3.05, 3.63) is 29.3 Å². The highest BCUT2D eigenvalue weighted by Crippen LogP contribution is 2.33. The van der Waals surface area contributed by atoms with Gasteiger partial charge in [-0.05, 0) is 38.4 Å². The summed E-state index contributed by atoms with van der Waals surface area (Å²) < 4.78 is 5.84. The zero-order valence-corrected chi connectivity index (χ0v) is 17.0. The van der Waals surface area contributed by atoms with Gasteiger partial charge in [0.2, 0.25) is 11.8 Å². The number of imide groups is 1. The number of amides is 4. The third-order valence-electron chi connectivity index (χ3n) is 6.01. The van der Waals surface area contributed by atoms with Gasteiger partial charge >= 0.3 is 0 Å². The first-order valence-electron chi connectivity index (χ1n) is 10.3. The molecule has 3 heterocycles. The third kappa shape index (κ3) is 3.89. The van der Waals surface area contributed by atoms with Gasteiger partial charge in [-0.3, -0.25) is 24.5 Å². The molecule has 4 rings (SSSR count). The van der Waals surface area contributed by atoms with Gasteiger partial charge in [-0.1, -0.05) is 6.07 Å². The minimum atomic E-state index is -0.678. The number of hydrogen-bond donors (Lipinski definition) is 2. The summed E-state index contributed by atoms with van der Waals surface area (Å²) in [7, 11) is 0. The summed E-state index contributed by atoms with van der Waals surface area (Å²) >= 11 is 0. The SMILES string of the molecule is CC1CCNCCN1C(=O)COc1cccc2c1CN(C1CCC(=O)NC1=O)C2=O. The van der Waals surface area contributed by atoms with Crippen LogP contribution < -0.4 is 15.4 Å². The molecule has 3 aliphatic rings. The van der Waals surface area contributed by atoms with E-state index < -0.39 is 11.9 Å². The fourth-order valence-electron chi connectivity index (χ4n) is 4.30. The predicted molar refractivity (Wildman–Crippen MR) is 107 cm³/mol. The molecule has 4 amide bonds. The average Bonchev–Trinajstić information content (AvgIpc) is 2.90. The Balaban J connectivity index is 1.45. The lowest BCUT2D eigenvalue weighted by molar-refractivity contribution is -0.137. The summed E-state index contributed by atoms with van der Waals surface area (Å²) in [5, 5.41) is 5.58. The summed E-state index contributed by atoms with van der Waals surface area (Å²) in [6, 6.07) is 4.61. The molecule has 2 saturated heterocycles. The van der Waals surface area contributed by atoms with E-state index in [9.17, 15) is 19.2 Å². The van der Waals surface area contributed by atoms with Crippen LogP contribution in [0.15, 0.2) is 18.2 Å².